The maximum atomic E-state index is 13.2. The third-order valence-corrected chi connectivity index (χ3v) is 4.95. The van der Waals surface area contributed by atoms with Gasteiger partial charge in [-0.15, -0.1) is 0 Å². The molecule has 0 aromatic rings. The van der Waals surface area contributed by atoms with Gasteiger partial charge in [0.05, 0.1) is 31.4 Å². The Morgan fingerprint density at radius 1 is 1.26 bits per heavy atom. The highest BCUT2D eigenvalue weighted by Crippen LogP contribution is 2.27. The minimum atomic E-state index is -2.76. The molecule has 132 valence electrons. The van der Waals surface area contributed by atoms with Gasteiger partial charge in [-0.3, -0.25) is 10.1 Å². The first-order valence-electron chi connectivity index (χ1n) is 8.67. The molecule has 3 fully saturated rings. The van der Waals surface area contributed by atoms with Gasteiger partial charge in [0.2, 0.25) is 5.91 Å². The second-order valence-electron chi connectivity index (χ2n) is 6.84. The summed E-state index contributed by atoms with van der Waals surface area (Å²) in [7, 11) is 0. The van der Waals surface area contributed by atoms with Crippen LogP contribution in [0, 0.1) is 0 Å². The molecule has 2 atom stereocenters. The zero-order valence-corrected chi connectivity index (χ0v) is 13.4. The average molecular weight is 332 g/mol. The second kappa shape index (κ2) is 7.40. The lowest BCUT2D eigenvalue weighted by molar-refractivity contribution is -0.137. The van der Waals surface area contributed by atoms with Crippen LogP contribution in [0.15, 0.2) is 0 Å². The van der Waals surface area contributed by atoms with Gasteiger partial charge in [-0.25, -0.2) is 8.78 Å². The molecule has 0 aliphatic carbocycles. The van der Waals surface area contributed by atoms with E-state index in [1.54, 1.807) is 4.90 Å². The summed E-state index contributed by atoms with van der Waals surface area (Å²) in [6.45, 7) is 2.21. The molecule has 7 heteroatoms. The molecule has 3 heterocycles. The molecule has 0 bridgehead atoms. The van der Waals surface area contributed by atoms with Crippen molar-refractivity contribution in [2.75, 3.05) is 32.8 Å². The Kier molecular flexibility index (Phi) is 5.49. The normalized spacial score (nSPS) is 32.2. The van der Waals surface area contributed by atoms with E-state index in [0.29, 0.717) is 19.7 Å². The van der Waals surface area contributed by atoms with Crippen LogP contribution >= 0.6 is 0 Å². The van der Waals surface area contributed by atoms with Crippen molar-refractivity contribution in [3.05, 3.63) is 0 Å². The predicted molar refractivity (Wildman–Crippen MR) is 80.5 cm³/mol. The minimum Gasteiger partial charge on any atom is -0.376 e. The van der Waals surface area contributed by atoms with Crippen LogP contribution in [0.4, 0.5) is 8.78 Å². The van der Waals surface area contributed by atoms with Crippen LogP contribution in [0.2, 0.25) is 0 Å². The molecule has 3 rings (SSSR count). The summed E-state index contributed by atoms with van der Waals surface area (Å²) in [6.07, 6.45) is 4.87. The number of nitrogens with zero attached hydrogens (tertiary/aromatic N) is 1. The van der Waals surface area contributed by atoms with E-state index >= 15 is 0 Å². The fourth-order valence-corrected chi connectivity index (χ4v) is 3.54. The second-order valence-corrected chi connectivity index (χ2v) is 6.84. The molecule has 1 N–H and O–H groups in total. The smallest absolute Gasteiger partial charge is 0.262 e. The Hall–Kier alpha value is -0.790. The van der Waals surface area contributed by atoms with Gasteiger partial charge in [-0.1, -0.05) is 0 Å². The van der Waals surface area contributed by atoms with Crippen LogP contribution < -0.4 is 5.32 Å². The van der Waals surface area contributed by atoms with Crippen molar-refractivity contribution in [1.29, 1.82) is 0 Å². The number of piperidine rings is 1. The van der Waals surface area contributed by atoms with E-state index < -0.39 is 18.5 Å². The third kappa shape index (κ3) is 4.61. The van der Waals surface area contributed by atoms with E-state index in [9.17, 15) is 13.6 Å². The predicted octanol–water partition coefficient (Wildman–Crippen LogP) is 1.56. The number of rotatable bonds is 4. The fourth-order valence-electron chi connectivity index (χ4n) is 3.54. The number of amides is 1. The van der Waals surface area contributed by atoms with Crippen LogP contribution in [-0.4, -0.2) is 67.8 Å². The van der Waals surface area contributed by atoms with Gasteiger partial charge in [0.1, 0.15) is 0 Å². The van der Waals surface area contributed by atoms with Gasteiger partial charge in [-0.2, -0.15) is 0 Å². The number of likely N-dealkylation sites (tertiary alicyclic amines) is 1. The van der Waals surface area contributed by atoms with Gasteiger partial charge in [-0.05, 0) is 32.1 Å². The lowest BCUT2D eigenvalue weighted by atomic mass is 10.1. The van der Waals surface area contributed by atoms with E-state index in [2.05, 4.69) is 5.32 Å². The summed E-state index contributed by atoms with van der Waals surface area (Å²) in [5.74, 6) is -2.96. The summed E-state index contributed by atoms with van der Waals surface area (Å²) >= 11 is 0. The van der Waals surface area contributed by atoms with Crippen molar-refractivity contribution in [2.45, 2.75) is 62.7 Å². The van der Waals surface area contributed by atoms with Gasteiger partial charge in [0.25, 0.3) is 5.92 Å². The Morgan fingerprint density at radius 2 is 2.04 bits per heavy atom. The third-order valence-electron chi connectivity index (χ3n) is 4.95. The van der Waals surface area contributed by atoms with Gasteiger partial charge in [0, 0.05) is 26.1 Å². The maximum Gasteiger partial charge on any atom is 0.262 e. The Morgan fingerprint density at radius 3 is 2.65 bits per heavy atom. The number of nitrogens with one attached hydrogen (secondary N) is 1. The van der Waals surface area contributed by atoms with E-state index in [4.69, 9.17) is 9.47 Å². The number of ether oxygens (including phenoxy) is 2. The van der Waals surface area contributed by atoms with Crippen LogP contribution in [0.1, 0.15) is 38.5 Å². The van der Waals surface area contributed by atoms with Crippen LogP contribution in [-0.2, 0) is 14.3 Å². The van der Waals surface area contributed by atoms with E-state index in [-0.39, 0.29) is 24.5 Å². The van der Waals surface area contributed by atoms with Crippen molar-refractivity contribution in [3.8, 4) is 0 Å². The lowest BCUT2D eigenvalue weighted by Crippen LogP contribution is -2.48. The number of hydrogen-bond donors (Lipinski definition) is 1. The molecule has 2 unspecified atom stereocenters. The summed E-state index contributed by atoms with van der Waals surface area (Å²) < 4.78 is 37.9. The quantitative estimate of drug-likeness (QED) is 0.849. The zero-order valence-electron chi connectivity index (χ0n) is 13.4. The molecule has 1 amide bonds. The SMILES string of the molecule is O=C(C1CC(F)(F)CN1)N1CCC(OCC2CCCCO2)CC1. The van der Waals surface area contributed by atoms with Crippen molar-refractivity contribution in [3.63, 3.8) is 0 Å². The van der Waals surface area contributed by atoms with Crippen molar-refractivity contribution in [2.24, 2.45) is 0 Å². The minimum absolute atomic E-state index is 0.141. The van der Waals surface area contributed by atoms with E-state index in [1.165, 1.54) is 6.42 Å². The highest BCUT2D eigenvalue weighted by atomic mass is 19.3. The lowest BCUT2D eigenvalue weighted by Gasteiger charge is -2.34. The van der Waals surface area contributed by atoms with Crippen molar-refractivity contribution >= 4 is 5.91 Å². The molecule has 23 heavy (non-hydrogen) atoms. The first kappa shape index (κ1) is 17.0. The number of alkyl halides is 2. The van der Waals surface area contributed by atoms with Gasteiger partial charge >= 0.3 is 0 Å². The molecule has 0 saturated carbocycles. The standard InChI is InChI=1S/C16H26F2N2O3/c17-16(18)9-14(19-11-16)15(21)20-6-4-12(5-7-20)23-10-13-3-1-2-8-22-13/h12-14,19H,1-11H2. The molecule has 0 radical (unpaired) electrons. The highest BCUT2D eigenvalue weighted by molar-refractivity contribution is 5.82. The average Bonchev–Trinajstić information content (AvgIpc) is 2.94. The van der Waals surface area contributed by atoms with Gasteiger partial charge in [0.15, 0.2) is 0 Å². The number of halogens is 2. The van der Waals surface area contributed by atoms with Crippen molar-refractivity contribution in [1.82, 2.24) is 10.2 Å². The molecule has 3 saturated heterocycles. The Labute approximate surface area is 135 Å². The number of hydrogen-bond acceptors (Lipinski definition) is 4. The Balaban J connectivity index is 1.37. The fraction of sp³-hybridized carbons (Fsp3) is 0.938. The van der Waals surface area contributed by atoms with E-state index in [1.807, 2.05) is 0 Å². The van der Waals surface area contributed by atoms with E-state index in [0.717, 1.165) is 32.3 Å². The Bertz CT molecular complexity index is 408. The number of carbonyl (C=O) groups excluding carboxylic acids is 1. The summed E-state index contributed by atoms with van der Waals surface area (Å²) in [4.78, 5) is 14.0. The molecule has 3 aliphatic heterocycles. The number of carbonyl (C=O) groups is 1. The molecular weight excluding hydrogens is 306 g/mol. The first-order chi connectivity index (χ1) is 11.0. The van der Waals surface area contributed by atoms with Crippen LogP contribution in [0.25, 0.3) is 0 Å². The van der Waals surface area contributed by atoms with Crippen molar-refractivity contribution < 1.29 is 23.0 Å². The molecule has 0 aromatic carbocycles. The van der Waals surface area contributed by atoms with Crippen LogP contribution in [0.5, 0.6) is 0 Å². The van der Waals surface area contributed by atoms with Crippen LogP contribution in [0.3, 0.4) is 0 Å². The molecule has 0 spiro atoms. The summed E-state index contributed by atoms with van der Waals surface area (Å²) in [5, 5.41) is 2.63. The summed E-state index contributed by atoms with van der Waals surface area (Å²) in [6, 6.07) is -0.738. The molecule has 0 aromatic heterocycles. The maximum absolute atomic E-state index is 13.2. The van der Waals surface area contributed by atoms with Gasteiger partial charge < -0.3 is 14.4 Å². The molecular formula is C16H26F2N2O3. The topological polar surface area (TPSA) is 50.8 Å². The largest absolute Gasteiger partial charge is 0.376 e. The molecule has 3 aliphatic rings. The summed E-state index contributed by atoms with van der Waals surface area (Å²) in [5.41, 5.74) is 0. The molecule has 5 nitrogen and oxygen atoms in total. The first-order valence-corrected chi connectivity index (χ1v) is 8.67. The highest BCUT2D eigenvalue weighted by Gasteiger charge is 2.43. The monoisotopic (exact) mass is 332 g/mol. The zero-order chi connectivity index (χ0) is 16.3.